The molecule has 18 heavy (non-hydrogen) atoms. The molecule has 0 aromatic carbocycles. The van der Waals surface area contributed by atoms with E-state index < -0.39 is 5.54 Å². The molecule has 0 amide bonds. The van der Waals surface area contributed by atoms with E-state index in [1.165, 1.54) is 12.8 Å². The Morgan fingerprint density at radius 2 is 2.33 bits per heavy atom. The van der Waals surface area contributed by atoms with Crippen molar-refractivity contribution in [3.8, 4) is 6.07 Å². The molecule has 0 aromatic heterocycles. The fourth-order valence-electron chi connectivity index (χ4n) is 2.46. The first kappa shape index (κ1) is 15.4. The van der Waals surface area contributed by atoms with E-state index in [0.29, 0.717) is 5.92 Å². The third kappa shape index (κ3) is 5.34. The Labute approximate surface area is 111 Å². The number of nitriles is 1. The molecule has 4 heteroatoms. The Kier molecular flexibility index (Phi) is 6.62. The molecule has 1 aliphatic rings. The highest BCUT2D eigenvalue weighted by atomic mass is 16.5. The molecule has 1 fully saturated rings. The third-order valence-corrected chi connectivity index (χ3v) is 3.84. The number of nitrogens with zero attached hydrogens (tertiary/aromatic N) is 2. The molecule has 4 nitrogen and oxygen atoms in total. The van der Waals surface area contributed by atoms with Crippen LogP contribution in [0.3, 0.4) is 0 Å². The molecule has 0 aromatic rings. The highest BCUT2D eigenvalue weighted by molar-refractivity contribution is 5.03. The zero-order valence-corrected chi connectivity index (χ0v) is 11.8. The van der Waals surface area contributed by atoms with Crippen LogP contribution in [0.25, 0.3) is 0 Å². The van der Waals surface area contributed by atoms with Crippen LogP contribution < -0.4 is 5.73 Å². The molecular formula is C14H27N3O. The number of hydrogen-bond acceptors (Lipinski definition) is 4. The standard InChI is InChI=1S/C14H27N3O/c1-3-14(16,12-15)7-5-8-17(2)10-13-6-4-9-18-11-13/h13H,3-11,16H2,1-2H3. The van der Waals surface area contributed by atoms with Crippen molar-refractivity contribution in [3.63, 3.8) is 0 Å². The van der Waals surface area contributed by atoms with Gasteiger partial charge in [-0.1, -0.05) is 6.92 Å². The van der Waals surface area contributed by atoms with Crippen molar-refractivity contribution in [1.29, 1.82) is 5.26 Å². The van der Waals surface area contributed by atoms with Crippen LogP contribution in [0.15, 0.2) is 0 Å². The molecule has 1 aliphatic heterocycles. The Morgan fingerprint density at radius 1 is 1.56 bits per heavy atom. The van der Waals surface area contributed by atoms with Crippen LogP contribution in [0.4, 0.5) is 0 Å². The second-order valence-electron chi connectivity index (χ2n) is 5.57. The molecule has 0 radical (unpaired) electrons. The molecule has 1 saturated heterocycles. The third-order valence-electron chi connectivity index (χ3n) is 3.84. The van der Waals surface area contributed by atoms with Crippen LogP contribution in [0.5, 0.6) is 0 Å². The molecule has 0 saturated carbocycles. The van der Waals surface area contributed by atoms with Crippen LogP contribution >= 0.6 is 0 Å². The lowest BCUT2D eigenvalue weighted by Crippen LogP contribution is -2.38. The van der Waals surface area contributed by atoms with E-state index in [2.05, 4.69) is 18.0 Å². The van der Waals surface area contributed by atoms with Gasteiger partial charge in [0.25, 0.3) is 0 Å². The maximum absolute atomic E-state index is 9.01. The monoisotopic (exact) mass is 253 g/mol. The Bertz CT molecular complexity index is 271. The first-order valence-electron chi connectivity index (χ1n) is 7.06. The molecule has 1 heterocycles. The lowest BCUT2D eigenvalue weighted by atomic mass is 9.93. The molecule has 104 valence electrons. The van der Waals surface area contributed by atoms with Crippen LogP contribution in [0.2, 0.25) is 0 Å². The normalized spacial score (nSPS) is 23.6. The topological polar surface area (TPSA) is 62.3 Å². The molecule has 0 bridgehead atoms. The summed E-state index contributed by atoms with van der Waals surface area (Å²) < 4.78 is 5.49. The minimum Gasteiger partial charge on any atom is -0.381 e. The summed E-state index contributed by atoms with van der Waals surface area (Å²) in [4.78, 5) is 2.34. The van der Waals surface area contributed by atoms with Crippen molar-refractivity contribution < 1.29 is 4.74 Å². The molecule has 1 rings (SSSR count). The average Bonchev–Trinajstić information content (AvgIpc) is 2.39. The van der Waals surface area contributed by atoms with E-state index in [0.717, 1.165) is 45.6 Å². The van der Waals surface area contributed by atoms with Gasteiger partial charge >= 0.3 is 0 Å². The van der Waals surface area contributed by atoms with Gasteiger partial charge in [0, 0.05) is 13.2 Å². The summed E-state index contributed by atoms with van der Waals surface area (Å²) in [6.45, 7) is 5.91. The van der Waals surface area contributed by atoms with Crippen molar-refractivity contribution in [1.82, 2.24) is 4.90 Å². The zero-order chi connectivity index (χ0) is 13.4. The lowest BCUT2D eigenvalue weighted by molar-refractivity contribution is 0.0418. The van der Waals surface area contributed by atoms with E-state index in [9.17, 15) is 0 Å². The number of ether oxygens (including phenoxy) is 1. The summed E-state index contributed by atoms with van der Waals surface area (Å²) in [5.41, 5.74) is 5.34. The SMILES string of the molecule is CCC(N)(C#N)CCCN(C)CC1CCCOC1. The van der Waals surface area contributed by atoms with Gasteiger partial charge in [-0.15, -0.1) is 0 Å². The summed E-state index contributed by atoms with van der Waals surface area (Å²) in [7, 11) is 2.14. The average molecular weight is 253 g/mol. The second-order valence-corrected chi connectivity index (χ2v) is 5.57. The molecule has 0 aliphatic carbocycles. The molecule has 2 unspecified atom stereocenters. The summed E-state index contributed by atoms with van der Waals surface area (Å²) in [5, 5.41) is 9.01. The molecule has 0 spiro atoms. The first-order chi connectivity index (χ1) is 8.59. The minimum atomic E-state index is -0.630. The van der Waals surface area contributed by atoms with Gasteiger partial charge in [0.2, 0.25) is 0 Å². The quantitative estimate of drug-likeness (QED) is 0.751. The Hall–Kier alpha value is -0.630. The van der Waals surface area contributed by atoms with Crippen LogP contribution in [-0.2, 0) is 4.74 Å². The minimum absolute atomic E-state index is 0.630. The van der Waals surface area contributed by atoms with E-state index in [4.69, 9.17) is 15.7 Å². The van der Waals surface area contributed by atoms with E-state index in [1.807, 2.05) is 6.92 Å². The first-order valence-corrected chi connectivity index (χ1v) is 7.06. The highest BCUT2D eigenvalue weighted by Gasteiger charge is 2.22. The summed E-state index contributed by atoms with van der Waals surface area (Å²) >= 11 is 0. The van der Waals surface area contributed by atoms with Gasteiger partial charge in [0.15, 0.2) is 0 Å². The summed E-state index contributed by atoms with van der Waals surface area (Å²) in [6, 6.07) is 2.22. The summed E-state index contributed by atoms with van der Waals surface area (Å²) in [5.74, 6) is 0.675. The van der Waals surface area contributed by atoms with Crippen molar-refractivity contribution in [2.24, 2.45) is 11.7 Å². The zero-order valence-electron chi connectivity index (χ0n) is 11.8. The van der Waals surface area contributed by atoms with Crippen LogP contribution in [0, 0.1) is 17.2 Å². The van der Waals surface area contributed by atoms with Crippen molar-refractivity contribution in [2.75, 3.05) is 33.4 Å². The second kappa shape index (κ2) is 7.73. The van der Waals surface area contributed by atoms with E-state index in [-0.39, 0.29) is 0 Å². The maximum Gasteiger partial charge on any atom is 0.104 e. The number of nitrogens with two attached hydrogens (primary N) is 1. The molecule has 2 N–H and O–H groups in total. The smallest absolute Gasteiger partial charge is 0.104 e. The lowest BCUT2D eigenvalue weighted by Gasteiger charge is -2.28. The molecular weight excluding hydrogens is 226 g/mol. The maximum atomic E-state index is 9.01. The van der Waals surface area contributed by atoms with Gasteiger partial charge in [-0.3, -0.25) is 0 Å². The predicted octanol–water partition coefficient (Wildman–Crippen LogP) is 1.76. The van der Waals surface area contributed by atoms with Gasteiger partial charge in [-0.05, 0) is 51.6 Å². The van der Waals surface area contributed by atoms with E-state index in [1.54, 1.807) is 0 Å². The summed E-state index contributed by atoms with van der Waals surface area (Å²) in [6.07, 6.45) is 4.96. The fraction of sp³-hybridized carbons (Fsp3) is 0.929. The van der Waals surface area contributed by atoms with Gasteiger partial charge in [-0.25, -0.2) is 0 Å². The number of hydrogen-bond donors (Lipinski definition) is 1. The largest absolute Gasteiger partial charge is 0.381 e. The molecule has 2 atom stereocenters. The Balaban J connectivity index is 2.16. The van der Waals surface area contributed by atoms with Crippen molar-refractivity contribution in [3.05, 3.63) is 0 Å². The van der Waals surface area contributed by atoms with Gasteiger partial charge < -0.3 is 15.4 Å². The van der Waals surface area contributed by atoms with Gasteiger partial charge in [-0.2, -0.15) is 5.26 Å². The van der Waals surface area contributed by atoms with Crippen molar-refractivity contribution >= 4 is 0 Å². The highest BCUT2D eigenvalue weighted by Crippen LogP contribution is 2.16. The van der Waals surface area contributed by atoms with Crippen LogP contribution in [0.1, 0.15) is 39.0 Å². The van der Waals surface area contributed by atoms with Gasteiger partial charge in [0.05, 0.1) is 12.7 Å². The fourth-order valence-corrected chi connectivity index (χ4v) is 2.46. The van der Waals surface area contributed by atoms with Crippen LogP contribution in [-0.4, -0.2) is 43.8 Å². The Morgan fingerprint density at radius 3 is 2.89 bits per heavy atom. The van der Waals surface area contributed by atoms with E-state index >= 15 is 0 Å². The van der Waals surface area contributed by atoms with Crippen molar-refractivity contribution in [2.45, 2.75) is 44.6 Å². The number of rotatable bonds is 7. The van der Waals surface area contributed by atoms with Gasteiger partial charge in [0.1, 0.15) is 5.54 Å². The predicted molar refractivity (Wildman–Crippen MR) is 73.1 cm³/mol.